The van der Waals surface area contributed by atoms with Gasteiger partial charge in [-0.1, -0.05) is 35.5 Å². The van der Waals surface area contributed by atoms with Crippen LogP contribution < -0.4 is 5.32 Å². The minimum Gasteiger partial charge on any atom is -0.334 e. The van der Waals surface area contributed by atoms with E-state index in [0.717, 1.165) is 28.0 Å². The smallest absolute Gasteiger partial charge is 0.280 e. The molecule has 5 heteroatoms. The van der Waals surface area contributed by atoms with Crippen molar-refractivity contribution in [1.82, 2.24) is 5.32 Å². The molecule has 0 spiro atoms. The van der Waals surface area contributed by atoms with Gasteiger partial charge in [0.15, 0.2) is 0 Å². The molecule has 5 rings (SSSR count). The van der Waals surface area contributed by atoms with Gasteiger partial charge >= 0.3 is 0 Å². The highest BCUT2D eigenvalue weighted by molar-refractivity contribution is 8.15. The molecular formula is C17H18ClNOS2. The van der Waals surface area contributed by atoms with Crippen LogP contribution in [0, 0.1) is 17.8 Å². The van der Waals surface area contributed by atoms with Crippen LogP contribution in [0.5, 0.6) is 0 Å². The molecule has 2 aliphatic carbocycles. The topological polar surface area (TPSA) is 29.1 Å². The Balaban J connectivity index is 1.58. The highest BCUT2D eigenvalue weighted by Crippen LogP contribution is 2.64. The molecule has 1 aromatic rings. The van der Waals surface area contributed by atoms with Crippen LogP contribution >= 0.6 is 35.1 Å². The lowest BCUT2D eigenvalue weighted by Gasteiger charge is -2.46. The largest absolute Gasteiger partial charge is 0.334 e. The maximum Gasteiger partial charge on any atom is 0.280 e. The van der Waals surface area contributed by atoms with Crippen molar-refractivity contribution in [3.05, 3.63) is 34.9 Å². The van der Waals surface area contributed by atoms with E-state index < -0.39 is 0 Å². The minimum absolute atomic E-state index is 0.161. The molecule has 1 aromatic carbocycles. The summed E-state index contributed by atoms with van der Waals surface area (Å²) >= 11 is 9.67. The molecule has 2 saturated carbocycles. The van der Waals surface area contributed by atoms with E-state index in [1.165, 1.54) is 36.6 Å². The number of rotatable bonds is 1. The van der Waals surface area contributed by atoms with E-state index in [1.807, 2.05) is 12.1 Å². The Bertz CT molecular complexity index is 622. The fourth-order valence-corrected chi connectivity index (χ4v) is 8.82. The van der Waals surface area contributed by atoms with Crippen LogP contribution in [0.2, 0.25) is 5.02 Å². The predicted molar refractivity (Wildman–Crippen MR) is 93.6 cm³/mol. The third-order valence-electron chi connectivity index (χ3n) is 6.03. The summed E-state index contributed by atoms with van der Waals surface area (Å²) in [5.74, 6) is 2.97. The maximum absolute atomic E-state index is 12.0. The minimum atomic E-state index is 0.161. The van der Waals surface area contributed by atoms with Gasteiger partial charge in [0.1, 0.15) is 0 Å². The molecule has 2 aliphatic heterocycles. The molecule has 0 unspecified atom stereocenters. The van der Waals surface area contributed by atoms with Crippen molar-refractivity contribution in [1.29, 1.82) is 0 Å². The first-order chi connectivity index (χ1) is 10.7. The number of thioether (sulfide) groups is 2. The lowest BCUT2D eigenvalue weighted by molar-refractivity contribution is 0.257. The number of fused-ring (bicyclic) bond motifs is 6. The van der Waals surface area contributed by atoms with E-state index in [9.17, 15) is 4.79 Å². The van der Waals surface area contributed by atoms with Crippen LogP contribution in [-0.2, 0) is 0 Å². The van der Waals surface area contributed by atoms with Gasteiger partial charge in [-0.05, 0) is 54.7 Å². The summed E-state index contributed by atoms with van der Waals surface area (Å²) in [6.45, 7) is 0. The molecule has 7 atom stereocenters. The first-order valence-electron chi connectivity index (χ1n) is 8.09. The lowest BCUT2D eigenvalue weighted by Crippen LogP contribution is -2.46. The van der Waals surface area contributed by atoms with Gasteiger partial charge in [0.05, 0.1) is 10.6 Å². The predicted octanol–water partition coefficient (Wildman–Crippen LogP) is 4.74. The number of hydrogen-bond donors (Lipinski definition) is 1. The molecule has 4 aliphatic rings. The van der Waals surface area contributed by atoms with Crippen molar-refractivity contribution < 1.29 is 4.79 Å². The van der Waals surface area contributed by atoms with Crippen LogP contribution in [0.3, 0.4) is 0 Å². The van der Waals surface area contributed by atoms with Crippen LogP contribution in [0.1, 0.15) is 30.7 Å². The molecule has 4 fully saturated rings. The van der Waals surface area contributed by atoms with Crippen molar-refractivity contribution in [3.8, 4) is 0 Å². The fourth-order valence-electron chi connectivity index (χ4n) is 5.26. The maximum atomic E-state index is 12.0. The van der Waals surface area contributed by atoms with E-state index >= 15 is 0 Å². The Kier molecular flexibility index (Phi) is 3.25. The van der Waals surface area contributed by atoms with E-state index in [-0.39, 0.29) is 5.24 Å². The molecule has 1 N–H and O–H groups in total. The number of benzene rings is 1. The highest BCUT2D eigenvalue weighted by atomic mass is 35.5. The average Bonchev–Trinajstić information content (AvgIpc) is 3.19. The number of amides is 1. The Hall–Kier alpha value is -0.320. The summed E-state index contributed by atoms with van der Waals surface area (Å²) < 4.78 is 0. The summed E-state index contributed by atoms with van der Waals surface area (Å²) in [6.07, 6.45) is 4.19. The van der Waals surface area contributed by atoms with Crippen LogP contribution in [0.25, 0.3) is 0 Å². The van der Waals surface area contributed by atoms with Crippen molar-refractivity contribution in [3.63, 3.8) is 0 Å². The van der Waals surface area contributed by atoms with Gasteiger partial charge in [0.25, 0.3) is 5.24 Å². The molecule has 2 heterocycles. The first-order valence-corrected chi connectivity index (χ1v) is 10.3. The zero-order valence-corrected chi connectivity index (χ0v) is 14.5. The van der Waals surface area contributed by atoms with E-state index in [1.54, 1.807) is 0 Å². The standard InChI is InChI=1S/C17H18ClNOS2/c18-11-5-3-8(4-6-11)12-13-9-1-2-10(7-9)14(13)21-16-15(12)22-17(20)19-16/h3-6,9-10,12-16H,1-2,7H2,(H,19,20)/t9-,10-,12-,13+,14+,15-,16+/m0/s1. The molecule has 2 nitrogen and oxygen atoms in total. The first kappa shape index (κ1) is 14.1. The summed E-state index contributed by atoms with van der Waals surface area (Å²) in [5, 5.41) is 5.56. The third-order valence-corrected chi connectivity index (χ3v) is 9.34. The van der Waals surface area contributed by atoms with Gasteiger partial charge in [-0.25, -0.2) is 0 Å². The van der Waals surface area contributed by atoms with E-state index in [4.69, 9.17) is 11.6 Å². The molecule has 0 aromatic heterocycles. The second-order valence-electron chi connectivity index (χ2n) is 7.02. The van der Waals surface area contributed by atoms with Gasteiger partial charge in [-0.15, -0.1) is 11.8 Å². The van der Waals surface area contributed by atoms with E-state index in [0.29, 0.717) is 16.5 Å². The van der Waals surface area contributed by atoms with Gasteiger partial charge < -0.3 is 5.32 Å². The zero-order valence-electron chi connectivity index (χ0n) is 12.1. The van der Waals surface area contributed by atoms with Gasteiger partial charge in [0, 0.05) is 16.2 Å². The fraction of sp³-hybridized carbons (Fsp3) is 0.588. The Morgan fingerprint density at radius 3 is 2.68 bits per heavy atom. The van der Waals surface area contributed by atoms with Crippen molar-refractivity contribution in [2.45, 2.75) is 41.1 Å². The zero-order chi connectivity index (χ0) is 14.8. The molecule has 0 radical (unpaired) electrons. The highest BCUT2D eigenvalue weighted by Gasteiger charge is 2.59. The van der Waals surface area contributed by atoms with E-state index in [2.05, 4.69) is 29.2 Å². The Labute approximate surface area is 144 Å². The summed E-state index contributed by atoms with van der Waals surface area (Å²) in [5.41, 5.74) is 1.38. The van der Waals surface area contributed by atoms with Gasteiger partial charge in [-0.2, -0.15) is 0 Å². The Morgan fingerprint density at radius 2 is 1.86 bits per heavy atom. The van der Waals surface area contributed by atoms with Crippen molar-refractivity contribution >= 4 is 40.4 Å². The SMILES string of the molecule is O=C1N[C@@H]2S[C@@H]3[C@H]4CC[C@@H](C4)[C@@H]3[C@H](c3ccc(Cl)cc3)[C@@H]2S1. The molecule has 116 valence electrons. The number of hydrogen-bond acceptors (Lipinski definition) is 3. The Morgan fingerprint density at radius 1 is 1.09 bits per heavy atom. The normalized spacial score (nSPS) is 45.5. The molecule has 2 saturated heterocycles. The number of halogens is 1. The number of nitrogens with one attached hydrogen (secondary N) is 1. The lowest BCUT2D eigenvalue weighted by atomic mass is 9.73. The monoisotopic (exact) mass is 351 g/mol. The second kappa shape index (κ2) is 5.09. The van der Waals surface area contributed by atoms with Crippen LogP contribution in [0.4, 0.5) is 4.79 Å². The third kappa shape index (κ3) is 1.99. The van der Waals surface area contributed by atoms with Crippen molar-refractivity contribution in [2.24, 2.45) is 17.8 Å². The summed E-state index contributed by atoms with van der Waals surface area (Å²) in [6, 6.07) is 8.38. The van der Waals surface area contributed by atoms with Crippen molar-refractivity contribution in [2.75, 3.05) is 0 Å². The second-order valence-corrected chi connectivity index (χ2v) is 9.94. The average molecular weight is 352 g/mol. The van der Waals surface area contributed by atoms with Crippen LogP contribution in [-0.4, -0.2) is 21.1 Å². The van der Waals surface area contributed by atoms with Gasteiger partial charge in [0.2, 0.25) is 0 Å². The molecular weight excluding hydrogens is 334 g/mol. The van der Waals surface area contributed by atoms with Crippen LogP contribution in [0.15, 0.2) is 24.3 Å². The summed E-state index contributed by atoms with van der Waals surface area (Å²) in [4.78, 5) is 12.0. The number of carbonyl (C=O) groups is 1. The quantitative estimate of drug-likeness (QED) is 0.792. The molecule has 22 heavy (non-hydrogen) atoms. The molecule has 2 bridgehead atoms. The summed E-state index contributed by atoms with van der Waals surface area (Å²) in [7, 11) is 0. The van der Waals surface area contributed by atoms with Gasteiger partial charge in [-0.3, -0.25) is 4.79 Å². The molecule has 1 amide bonds. The number of carbonyl (C=O) groups excluding carboxylic acids is 1.